The normalized spacial score (nSPS) is 20.6. The SMILES string of the molecule is CC1(C)CCC(C)(C)c2c1ccc(CBr)c2CBr. The minimum atomic E-state index is 0.298. The Morgan fingerprint density at radius 2 is 1.56 bits per heavy atom. The smallest absolute Gasteiger partial charge is 0.0289 e. The second kappa shape index (κ2) is 4.94. The lowest BCUT2D eigenvalue weighted by atomic mass is 9.62. The average molecular weight is 374 g/mol. The molecule has 0 nitrogen and oxygen atoms in total. The highest BCUT2D eigenvalue weighted by Gasteiger charge is 2.38. The summed E-state index contributed by atoms with van der Waals surface area (Å²) in [5.74, 6) is 0. The molecule has 1 aliphatic rings. The summed E-state index contributed by atoms with van der Waals surface area (Å²) in [5, 5.41) is 1.90. The molecule has 18 heavy (non-hydrogen) atoms. The van der Waals surface area contributed by atoms with Crippen molar-refractivity contribution in [2.24, 2.45) is 0 Å². The van der Waals surface area contributed by atoms with Crippen LogP contribution in [0, 0.1) is 0 Å². The van der Waals surface area contributed by atoms with Crippen LogP contribution in [-0.4, -0.2) is 0 Å². The molecule has 1 aromatic rings. The number of halogens is 2. The van der Waals surface area contributed by atoms with Gasteiger partial charge in [0.15, 0.2) is 0 Å². The zero-order valence-electron chi connectivity index (χ0n) is 11.7. The summed E-state index contributed by atoms with van der Waals surface area (Å²) in [6.07, 6.45) is 2.56. The lowest BCUT2D eigenvalue weighted by Gasteiger charge is -2.43. The number of fused-ring (bicyclic) bond motifs is 1. The van der Waals surface area contributed by atoms with Crippen LogP contribution in [-0.2, 0) is 21.5 Å². The minimum Gasteiger partial charge on any atom is -0.0876 e. The molecule has 0 radical (unpaired) electrons. The Bertz CT molecular complexity index is 458. The molecule has 0 amide bonds. The van der Waals surface area contributed by atoms with Crippen LogP contribution < -0.4 is 0 Å². The van der Waals surface area contributed by atoms with Gasteiger partial charge in [-0.05, 0) is 45.9 Å². The third-order valence-corrected chi connectivity index (χ3v) is 5.63. The van der Waals surface area contributed by atoms with Gasteiger partial charge in [-0.15, -0.1) is 0 Å². The van der Waals surface area contributed by atoms with Crippen molar-refractivity contribution in [2.45, 2.75) is 62.0 Å². The Morgan fingerprint density at radius 1 is 0.944 bits per heavy atom. The third-order valence-electron chi connectivity index (χ3n) is 4.47. The molecule has 0 spiro atoms. The van der Waals surface area contributed by atoms with Gasteiger partial charge in [0.1, 0.15) is 0 Å². The van der Waals surface area contributed by atoms with E-state index in [9.17, 15) is 0 Å². The molecule has 0 atom stereocenters. The second-order valence-electron chi connectivity index (χ2n) is 6.66. The first-order chi connectivity index (χ1) is 8.33. The summed E-state index contributed by atoms with van der Waals surface area (Å²) in [6, 6.07) is 4.66. The van der Waals surface area contributed by atoms with Gasteiger partial charge in [-0.25, -0.2) is 0 Å². The molecule has 0 aromatic heterocycles. The van der Waals surface area contributed by atoms with E-state index in [1.54, 1.807) is 11.1 Å². The summed E-state index contributed by atoms with van der Waals surface area (Å²) in [4.78, 5) is 0. The van der Waals surface area contributed by atoms with Crippen LogP contribution in [0.4, 0.5) is 0 Å². The maximum atomic E-state index is 3.70. The van der Waals surface area contributed by atoms with Gasteiger partial charge < -0.3 is 0 Å². The van der Waals surface area contributed by atoms with E-state index in [0.717, 1.165) is 10.7 Å². The Balaban J connectivity index is 2.75. The van der Waals surface area contributed by atoms with Gasteiger partial charge in [0, 0.05) is 10.7 Å². The van der Waals surface area contributed by atoms with Crippen LogP contribution in [0.2, 0.25) is 0 Å². The zero-order valence-corrected chi connectivity index (χ0v) is 14.9. The molecule has 1 aromatic carbocycles. The molecular formula is C16H22Br2. The predicted molar refractivity (Wildman–Crippen MR) is 87.0 cm³/mol. The molecule has 0 unspecified atom stereocenters. The van der Waals surface area contributed by atoms with Crippen LogP contribution in [0.25, 0.3) is 0 Å². The van der Waals surface area contributed by atoms with Crippen LogP contribution >= 0.6 is 31.9 Å². The third kappa shape index (κ3) is 2.31. The number of rotatable bonds is 2. The van der Waals surface area contributed by atoms with E-state index in [0.29, 0.717) is 10.8 Å². The van der Waals surface area contributed by atoms with Crippen molar-refractivity contribution in [1.29, 1.82) is 0 Å². The van der Waals surface area contributed by atoms with Gasteiger partial charge in [0.05, 0.1) is 0 Å². The molecule has 2 heteroatoms. The molecule has 0 aliphatic heterocycles. The number of hydrogen-bond donors (Lipinski definition) is 0. The number of hydrogen-bond acceptors (Lipinski definition) is 0. The van der Waals surface area contributed by atoms with Crippen molar-refractivity contribution in [3.05, 3.63) is 34.4 Å². The monoisotopic (exact) mass is 372 g/mol. The second-order valence-corrected chi connectivity index (χ2v) is 7.78. The molecule has 100 valence electrons. The van der Waals surface area contributed by atoms with Crippen molar-refractivity contribution >= 4 is 31.9 Å². The van der Waals surface area contributed by atoms with E-state index in [2.05, 4.69) is 71.7 Å². The highest BCUT2D eigenvalue weighted by atomic mass is 79.9. The topological polar surface area (TPSA) is 0 Å². The Hall–Kier alpha value is 0.180. The Labute approximate surface area is 128 Å². The lowest BCUT2D eigenvalue weighted by molar-refractivity contribution is 0.330. The molecular weight excluding hydrogens is 352 g/mol. The van der Waals surface area contributed by atoms with E-state index in [1.165, 1.54) is 24.0 Å². The van der Waals surface area contributed by atoms with E-state index < -0.39 is 0 Å². The predicted octanol–water partition coefficient (Wildman–Crippen LogP) is 5.83. The molecule has 2 rings (SSSR count). The van der Waals surface area contributed by atoms with Gasteiger partial charge in [-0.3, -0.25) is 0 Å². The first-order valence-corrected chi connectivity index (χ1v) is 8.85. The maximum absolute atomic E-state index is 3.70. The van der Waals surface area contributed by atoms with Crippen LogP contribution in [0.3, 0.4) is 0 Å². The average Bonchev–Trinajstić information content (AvgIpc) is 2.33. The van der Waals surface area contributed by atoms with E-state index in [1.807, 2.05) is 0 Å². The van der Waals surface area contributed by atoms with Crippen molar-refractivity contribution in [3.8, 4) is 0 Å². The summed E-state index contributed by atoms with van der Waals surface area (Å²) in [5.41, 5.74) is 6.68. The molecule has 0 heterocycles. The Morgan fingerprint density at radius 3 is 2.11 bits per heavy atom. The van der Waals surface area contributed by atoms with E-state index in [4.69, 9.17) is 0 Å². The van der Waals surface area contributed by atoms with Gasteiger partial charge in [-0.1, -0.05) is 71.7 Å². The molecule has 1 aliphatic carbocycles. The lowest BCUT2D eigenvalue weighted by Crippen LogP contribution is -2.35. The van der Waals surface area contributed by atoms with Crippen molar-refractivity contribution in [1.82, 2.24) is 0 Å². The zero-order chi connectivity index (χ0) is 13.6. The fourth-order valence-electron chi connectivity index (χ4n) is 3.19. The molecule has 0 fully saturated rings. The fourth-order valence-corrected chi connectivity index (χ4v) is 4.36. The highest BCUT2D eigenvalue weighted by Crippen LogP contribution is 2.48. The van der Waals surface area contributed by atoms with Gasteiger partial charge in [-0.2, -0.15) is 0 Å². The maximum Gasteiger partial charge on any atom is 0.0289 e. The van der Waals surface area contributed by atoms with Crippen LogP contribution in [0.5, 0.6) is 0 Å². The first kappa shape index (κ1) is 14.6. The van der Waals surface area contributed by atoms with Crippen LogP contribution in [0.15, 0.2) is 12.1 Å². The summed E-state index contributed by atoms with van der Waals surface area (Å²) < 4.78 is 0. The molecule has 0 N–H and O–H groups in total. The van der Waals surface area contributed by atoms with Crippen molar-refractivity contribution in [2.75, 3.05) is 0 Å². The summed E-state index contributed by atoms with van der Waals surface area (Å²) in [6.45, 7) is 9.55. The fraction of sp³-hybridized carbons (Fsp3) is 0.625. The van der Waals surface area contributed by atoms with E-state index >= 15 is 0 Å². The Kier molecular flexibility index (Phi) is 4.00. The molecule has 0 bridgehead atoms. The minimum absolute atomic E-state index is 0.298. The highest BCUT2D eigenvalue weighted by molar-refractivity contribution is 9.09. The molecule has 0 saturated carbocycles. The van der Waals surface area contributed by atoms with Gasteiger partial charge in [0.2, 0.25) is 0 Å². The van der Waals surface area contributed by atoms with Gasteiger partial charge >= 0.3 is 0 Å². The molecule has 0 saturated heterocycles. The van der Waals surface area contributed by atoms with Crippen molar-refractivity contribution < 1.29 is 0 Å². The summed E-state index contributed by atoms with van der Waals surface area (Å²) >= 11 is 7.32. The standard InChI is InChI=1S/C16H22Br2/c1-15(2)7-8-16(3,4)14-12(10-18)11(9-17)5-6-13(14)15/h5-6H,7-10H2,1-4H3. The van der Waals surface area contributed by atoms with E-state index in [-0.39, 0.29) is 0 Å². The number of benzene rings is 1. The summed E-state index contributed by atoms with van der Waals surface area (Å²) in [7, 11) is 0. The first-order valence-electron chi connectivity index (χ1n) is 6.61. The quantitative estimate of drug-likeness (QED) is 0.572. The van der Waals surface area contributed by atoms with Crippen molar-refractivity contribution in [3.63, 3.8) is 0 Å². The van der Waals surface area contributed by atoms with Gasteiger partial charge in [0.25, 0.3) is 0 Å². The number of alkyl halides is 2. The van der Waals surface area contributed by atoms with Crippen LogP contribution in [0.1, 0.15) is 62.8 Å². The largest absolute Gasteiger partial charge is 0.0876 e.